The van der Waals surface area contributed by atoms with Crippen molar-refractivity contribution in [2.24, 2.45) is 11.3 Å². The van der Waals surface area contributed by atoms with Crippen LogP contribution < -0.4 is 0 Å². The predicted molar refractivity (Wildman–Crippen MR) is 65.7 cm³/mol. The number of hydrogen-bond acceptors (Lipinski definition) is 3. The van der Waals surface area contributed by atoms with Gasteiger partial charge in [0.15, 0.2) is 0 Å². The zero-order chi connectivity index (χ0) is 12.3. The summed E-state index contributed by atoms with van der Waals surface area (Å²) in [6.07, 6.45) is 9.24. The van der Waals surface area contributed by atoms with E-state index in [0.29, 0.717) is 5.92 Å². The van der Waals surface area contributed by atoms with Crippen molar-refractivity contribution in [3.63, 3.8) is 0 Å². The Morgan fingerprint density at radius 2 is 1.76 bits per heavy atom. The fourth-order valence-corrected chi connectivity index (χ4v) is 4.00. The van der Waals surface area contributed by atoms with E-state index >= 15 is 0 Å². The van der Waals surface area contributed by atoms with Gasteiger partial charge in [0.25, 0.3) is 0 Å². The molecule has 2 aliphatic rings. The Morgan fingerprint density at radius 3 is 2.35 bits per heavy atom. The number of carbonyl (C=O) groups is 1. The van der Waals surface area contributed by atoms with Crippen LogP contribution in [0.4, 0.5) is 0 Å². The topological polar surface area (TPSA) is 35.5 Å². The third kappa shape index (κ3) is 2.10. The summed E-state index contributed by atoms with van der Waals surface area (Å²) in [4.78, 5) is 12.3. The van der Waals surface area contributed by atoms with Gasteiger partial charge in [-0.25, -0.2) is 0 Å². The van der Waals surface area contributed by atoms with Crippen molar-refractivity contribution in [2.45, 2.75) is 57.5 Å². The summed E-state index contributed by atoms with van der Waals surface area (Å²) in [6, 6.07) is 0. The highest BCUT2D eigenvalue weighted by atomic mass is 16.5. The van der Waals surface area contributed by atoms with Crippen molar-refractivity contribution in [3.8, 4) is 0 Å². The quantitative estimate of drug-likeness (QED) is 0.711. The van der Waals surface area contributed by atoms with Crippen molar-refractivity contribution in [1.82, 2.24) is 0 Å². The van der Waals surface area contributed by atoms with Crippen LogP contribution in [-0.2, 0) is 14.3 Å². The highest BCUT2D eigenvalue weighted by molar-refractivity contribution is 5.78. The molecule has 0 aliphatic heterocycles. The van der Waals surface area contributed by atoms with Gasteiger partial charge in [-0.2, -0.15) is 0 Å². The van der Waals surface area contributed by atoms with Crippen molar-refractivity contribution < 1.29 is 14.3 Å². The largest absolute Gasteiger partial charge is 0.469 e. The Balaban J connectivity index is 2.25. The molecule has 0 N–H and O–H groups in total. The maximum absolute atomic E-state index is 12.3. The van der Waals surface area contributed by atoms with Crippen molar-refractivity contribution >= 4 is 5.97 Å². The van der Waals surface area contributed by atoms with Crippen LogP contribution in [0.15, 0.2) is 0 Å². The summed E-state index contributed by atoms with van der Waals surface area (Å²) in [6.45, 7) is 0. The third-order valence-electron chi connectivity index (χ3n) is 4.81. The molecule has 0 saturated heterocycles. The first-order valence-electron chi connectivity index (χ1n) is 6.87. The first-order chi connectivity index (χ1) is 8.25. The summed E-state index contributed by atoms with van der Waals surface area (Å²) in [5, 5.41) is 0. The second kappa shape index (κ2) is 5.38. The van der Waals surface area contributed by atoms with E-state index in [9.17, 15) is 4.79 Å². The second-order valence-electron chi connectivity index (χ2n) is 5.48. The molecule has 17 heavy (non-hydrogen) atoms. The van der Waals surface area contributed by atoms with Gasteiger partial charge in [0.2, 0.25) is 0 Å². The first-order valence-corrected chi connectivity index (χ1v) is 6.87. The lowest BCUT2D eigenvalue weighted by molar-refractivity contribution is -0.167. The maximum Gasteiger partial charge on any atom is 0.314 e. The van der Waals surface area contributed by atoms with E-state index in [4.69, 9.17) is 9.47 Å². The summed E-state index contributed by atoms with van der Waals surface area (Å²) < 4.78 is 10.7. The van der Waals surface area contributed by atoms with Gasteiger partial charge in [0.05, 0.1) is 18.6 Å². The number of esters is 1. The second-order valence-corrected chi connectivity index (χ2v) is 5.48. The molecule has 0 aromatic rings. The Kier molecular flexibility index (Phi) is 4.08. The SMILES string of the molecule is COC(=O)C1(C2CCCCC2)CCCC1OC. The average Bonchev–Trinajstić information content (AvgIpc) is 2.83. The van der Waals surface area contributed by atoms with Crippen LogP contribution in [-0.4, -0.2) is 26.3 Å². The van der Waals surface area contributed by atoms with Crippen LogP contribution >= 0.6 is 0 Å². The molecule has 2 saturated carbocycles. The lowest BCUT2D eigenvalue weighted by Crippen LogP contribution is -2.47. The van der Waals surface area contributed by atoms with Gasteiger partial charge in [-0.05, 0) is 38.0 Å². The van der Waals surface area contributed by atoms with Gasteiger partial charge < -0.3 is 9.47 Å². The van der Waals surface area contributed by atoms with Crippen LogP contribution in [0, 0.1) is 11.3 Å². The lowest BCUT2D eigenvalue weighted by atomic mass is 9.66. The Bertz CT molecular complexity index is 271. The third-order valence-corrected chi connectivity index (χ3v) is 4.81. The minimum absolute atomic E-state index is 0.0336. The van der Waals surface area contributed by atoms with Crippen LogP contribution in [0.3, 0.4) is 0 Å². The zero-order valence-corrected chi connectivity index (χ0v) is 11.0. The van der Waals surface area contributed by atoms with Crippen molar-refractivity contribution in [3.05, 3.63) is 0 Å². The van der Waals surface area contributed by atoms with Gasteiger partial charge in [-0.1, -0.05) is 19.3 Å². The van der Waals surface area contributed by atoms with E-state index in [1.165, 1.54) is 26.4 Å². The van der Waals surface area contributed by atoms with Crippen LogP contribution in [0.5, 0.6) is 0 Å². The smallest absolute Gasteiger partial charge is 0.314 e. The molecule has 3 nitrogen and oxygen atoms in total. The van der Waals surface area contributed by atoms with Gasteiger partial charge in [-0.3, -0.25) is 4.79 Å². The number of methoxy groups -OCH3 is 2. The zero-order valence-electron chi connectivity index (χ0n) is 11.0. The van der Waals surface area contributed by atoms with Crippen LogP contribution in [0.2, 0.25) is 0 Å². The molecule has 2 rings (SSSR count). The Labute approximate surface area is 104 Å². The molecule has 98 valence electrons. The molecule has 0 bridgehead atoms. The van der Waals surface area contributed by atoms with Crippen LogP contribution in [0.1, 0.15) is 51.4 Å². The molecule has 2 fully saturated rings. The molecule has 0 spiro atoms. The lowest BCUT2D eigenvalue weighted by Gasteiger charge is -2.41. The van der Waals surface area contributed by atoms with Gasteiger partial charge in [0, 0.05) is 7.11 Å². The Hall–Kier alpha value is -0.570. The summed E-state index contributed by atoms with van der Waals surface area (Å²) in [5.41, 5.74) is -0.343. The molecule has 0 heterocycles. The molecule has 3 heteroatoms. The summed E-state index contributed by atoms with van der Waals surface area (Å²) >= 11 is 0. The highest BCUT2D eigenvalue weighted by Gasteiger charge is 2.55. The molecule has 2 unspecified atom stereocenters. The molecule has 2 atom stereocenters. The molecular formula is C14H24O3. The highest BCUT2D eigenvalue weighted by Crippen LogP contribution is 2.51. The monoisotopic (exact) mass is 240 g/mol. The van der Waals surface area contributed by atoms with Crippen molar-refractivity contribution in [1.29, 1.82) is 0 Å². The standard InChI is InChI=1S/C14H24O3/c1-16-12-9-6-10-14(12,13(15)17-2)11-7-4-3-5-8-11/h11-12H,3-10H2,1-2H3. The molecule has 0 aromatic heterocycles. The Morgan fingerprint density at radius 1 is 1.06 bits per heavy atom. The van der Waals surface area contributed by atoms with E-state index in [0.717, 1.165) is 32.1 Å². The fraction of sp³-hybridized carbons (Fsp3) is 0.929. The van der Waals surface area contributed by atoms with Gasteiger partial charge >= 0.3 is 5.97 Å². The minimum Gasteiger partial charge on any atom is -0.469 e. The molecule has 2 aliphatic carbocycles. The van der Waals surface area contributed by atoms with E-state index < -0.39 is 0 Å². The maximum atomic E-state index is 12.3. The molecular weight excluding hydrogens is 216 g/mol. The predicted octanol–water partition coefficient (Wildman–Crippen LogP) is 2.93. The number of ether oxygens (including phenoxy) is 2. The van der Waals surface area contributed by atoms with Crippen LogP contribution in [0.25, 0.3) is 0 Å². The number of carbonyl (C=O) groups excluding carboxylic acids is 1. The number of rotatable bonds is 3. The van der Waals surface area contributed by atoms with Gasteiger partial charge in [-0.15, -0.1) is 0 Å². The number of hydrogen-bond donors (Lipinski definition) is 0. The summed E-state index contributed by atoms with van der Waals surface area (Å²) in [7, 11) is 3.24. The fourth-order valence-electron chi connectivity index (χ4n) is 4.00. The first kappa shape index (κ1) is 12.9. The van der Waals surface area contributed by atoms with E-state index in [-0.39, 0.29) is 17.5 Å². The van der Waals surface area contributed by atoms with E-state index in [1.807, 2.05) is 0 Å². The molecule has 0 aromatic carbocycles. The normalized spacial score (nSPS) is 34.8. The molecule has 0 amide bonds. The van der Waals surface area contributed by atoms with Gasteiger partial charge in [0.1, 0.15) is 0 Å². The van der Waals surface area contributed by atoms with E-state index in [1.54, 1.807) is 7.11 Å². The average molecular weight is 240 g/mol. The van der Waals surface area contributed by atoms with E-state index in [2.05, 4.69) is 0 Å². The molecule has 0 radical (unpaired) electrons. The minimum atomic E-state index is -0.343. The van der Waals surface area contributed by atoms with Crippen molar-refractivity contribution in [2.75, 3.05) is 14.2 Å². The summed E-state index contributed by atoms with van der Waals surface area (Å²) in [5.74, 6) is 0.435.